The number of ether oxygens (including phenoxy) is 1. The summed E-state index contributed by atoms with van der Waals surface area (Å²) in [5, 5.41) is 0. The molecule has 0 fully saturated rings. The van der Waals surface area contributed by atoms with Gasteiger partial charge in [-0.1, -0.05) is 30.3 Å². The molecule has 1 aromatic carbocycles. The summed E-state index contributed by atoms with van der Waals surface area (Å²) < 4.78 is 11.2. The first-order chi connectivity index (χ1) is 8.03. The van der Waals surface area contributed by atoms with Gasteiger partial charge in [0, 0.05) is 26.2 Å². The summed E-state index contributed by atoms with van der Waals surface area (Å²) >= 11 is 0. The summed E-state index contributed by atoms with van der Waals surface area (Å²) in [6, 6.07) is 10.6. The highest BCUT2D eigenvalue weighted by Gasteiger charge is 2.18. The Hall–Kier alpha value is -0.643. The Morgan fingerprint density at radius 2 is 1.76 bits per heavy atom. The van der Waals surface area contributed by atoms with Gasteiger partial charge in [-0.3, -0.25) is 0 Å². The summed E-state index contributed by atoms with van der Waals surface area (Å²) in [5.74, 6) is 0.447. The van der Waals surface area contributed by atoms with Crippen LogP contribution in [0.4, 0.5) is 0 Å². The van der Waals surface area contributed by atoms with Crippen molar-refractivity contribution in [1.82, 2.24) is 0 Å². The van der Waals surface area contributed by atoms with Crippen molar-refractivity contribution in [2.75, 3.05) is 20.3 Å². The molecule has 0 N–H and O–H groups in total. The maximum atomic E-state index is 6.03. The van der Waals surface area contributed by atoms with Crippen LogP contribution in [0.3, 0.4) is 0 Å². The van der Waals surface area contributed by atoms with E-state index in [2.05, 4.69) is 50.0 Å². The highest BCUT2D eigenvalue weighted by atomic mass is 28.4. The van der Waals surface area contributed by atoms with E-state index in [1.54, 1.807) is 7.11 Å². The average Bonchev–Trinajstić information content (AvgIpc) is 2.29. The van der Waals surface area contributed by atoms with Gasteiger partial charge < -0.3 is 9.16 Å². The number of benzene rings is 1. The predicted octanol–water partition coefficient (Wildman–Crippen LogP) is 3.66. The SMILES string of the molecule is COCCC(CO[Si](C)(C)C)c1ccccc1. The fraction of sp³-hybridized carbons (Fsp3) is 0.571. The molecule has 0 aliphatic heterocycles. The third-order valence-corrected chi connectivity index (χ3v) is 3.69. The predicted molar refractivity (Wildman–Crippen MR) is 75.0 cm³/mol. The van der Waals surface area contributed by atoms with Gasteiger partial charge in [0.2, 0.25) is 0 Å². The van der Waals surface area contributed by atoms with Crippen LogP contribution in [0.5, 0.6) is 0 Å². The van der Waals surface area contributed by atoms with Crippen LogP contribution in [0.2, 0.25) is 19.6 Å². The molecule has 0 saturated heterocycles. The average molecular weight is 252 g/mol. The van der Waals surface area contributed by atoms with E-state index in [-0.39, 0.29) is 0 Å². The van der Waals surface area contributed by atoms with Crippen molar-refractivity contribution in [3.8, 4) is 0 Å². The Bertz CT molecular complexity index is 306. The van der Waals surface area contributed by atoms with Gasteiger partial charge >= 0.3 is 0 Å². The van der Waals surface area contributed by atoms with Gasteiger partial charge in [0.1, 0.15) is 0 Å². The Morgan fingerprint density at radius 3 is 2.29 bits per heavy atom. The van der Waals surface area contributed by atoms with E-state index in [4.69, 9.17) is 9.16 Å². The second-order valence-electron chi connectivity index (χ2n) is 5.31. The van der Waals surface area contributed by atoms with Crippen molar-refractivity contribution in [2.24, 2.45) is 0 Å². The molecule has 0 amide bonds. The first-order valence-corrected chi connectivity index (χ1v) is 9.61. The first kappa shape index (κ1) is 14.4. The molecule has 3 heteroatoms. The zero-order chi connectivity index (χ0) is 12.7. The van der Waals surface area contributed by atoms with Crippen molar-refractivity contribution in [3.05, 3.63) is 35.9 Å². The quantitative estimate of drug-likeness (QED) is 0.690. The second kappa shape index (κ2) is 6.94. The topological polar surface area (TPSA) is 18.5 Å². The monoisotopic (exact) mass is 252 g/mol. The molecule has 2 nitrogen and oxygen atoms in total. The highest BCUT2D eigenvalue weighted by molar-refractivity contribution is 6.69. The largest absolute Gasteiger partial charge is 0.417 e. The number of rotatable bonds is 7. The smallest absolute Gasteiger partial charge is 0.183 e. The van der Waals surface area contributed by atoms with Crippen molar-refractivity contribution >= 4 is 8.32 Å². The van der Waals surface area contributed by atoms with Gasteiger partial charge in [-0.25, -0.2) is 0 Å². The summed E-state index contributed by atoms with van der Waals surface area (Å²) in [6.07, 6.45) is 1.02. The van der Waals surface area contributed by atoms with Gasteiger partial charge in [-0.2, -0.15) is 0 Å². The van der Waals surface area contributed by atoms with Gasteiger partial charge in [0.25, 0.3) is 0 Å². The zero-order valence-electron chi connectivity index (χ0n) is 11.4. The van der Waals surface area contributed by atoms with Crippen LogP contribution in [-0.2, 0) is 9.16 Å². The minimum Gasteiger partial charge on any atom is -0.417 e. The van der Waals surface area contributed by atoms with Gasteiger partial charge in [0.05, 0.1) is 0 Å². The molecular weight excluding hydrogens is 228 g/mol. The van der Waals surface area contributed by atoms with Crippen LogP contribution >= 0.6 is 0 Å². The number of methoxy groups -OCH3 is 1. The van der Waals surface area contributed by atoms with Crippen LogP contribution in [0, 0.1) is 0 Å². The molecule has 1 rings (SSSR count). The second-order valence-corrected chi connectivity index (χ2v) is 9.83. The molecule has 0 aliphatic rings. The summed E-state index contributed by atoms with van der Waals surface area (Å²) in [7, 11) is 0.318. The Balaban J connectivity index is 2.61. The third kappa shape index (κ3) is 6.01. The normalized spacial score (nSPS) is 13.6. The first-order valence-electron chi connectivity index (χ1n) is 6.21. The van der Waals surface area contributed by atoms with Crippen molar-refractivity contribution in [2.45, 2.75) is 32.0 Å². The molecule has 1 atom stereocenters. The van der Waals surface area contributed by atoms with E-state index < -0.39 is 8.32 Å². The molecule has 0 bridgehead atoms. The molecule has 0 spiro atoms. The third-order valence-electron chi connectivity index (χ3n) is 2.66. The van der Waals surface area contributed by atoms with Crippen LogP contribution in [0.25, 0.3) is 0 Å². The van der Waals surface area contributed by atoms with Gasteiger partial charge in [-0.15, -0.1) is 0 Å². The maximum Gasteiger partial charge on any atom is 0.183 e. The molecule has 1 unspecified atom stereocenters. The molecule has 17 heavy (non-hydrogen) atoms. The minimum atomic E-state index is -1.43. The molecule has 96 valence electrons. The molecule has 0 radical (unpaired) electrons. The minimum absolute atomic E-state index is 0.447. The Kier molecular flexibility index (Phi) is 5.89. The van der Waals surface area contributed by atoms with Crippen LogP contribution in [0.15, 0.2) is 30.3 Å². The highest BCUT2D eigenvalue weighted by Crippen LogP contribution is 2.21. The van der Waals surface area contributed by atoms with E-state index in [1.165, 1.54) is 5.56 Å². The van der Waals surface area contributed by atoms with Gasteiger partial charge in [0.15, 0.2) is 8.32 Å². The summed E-state index contributed by atoms with van der Waals surface area (Å²) in [5.41, 5.74) is 1.35. The fourth-order valence-corrected chi connectivity index (χ4v) is 2.38. The van der Waals surface area contributed by atoms with Gasteiger partial charge in [-0.05, 0) is 31.6 Å². The lowest BCUT2D eigenvalue weighted by molar-refractivity contribution is 0.173. The molecule has 0 aliphatic carbocycles. The summed E-state index contributed by atoms with van der Waals surface area (Å²) in [4.78, 5) is 0. The van der Waals surface area contributed by atoms with E-state index >= 15 is 0 Å². The van der Waals surface area contributed by atoms with E-state index in [0.29, 0.717) is 5.92 Å². The molecule has 0 heterocycles. The zero-order valence-corrected chi connectivity index (χ0v) is 12.4. The van der Waals surface area contributed by atoms with Crippen molar-refractivity contribution in [1.29, 1.82) is 0 Å². The molecule has 0 aromatic heterocycles. The lowest BCUT2D eigenvalue weighted by Gasteiger charge is -2.23. The van der Waals surface area contributed by atoms with Crippen LogP contribution < -0.4 is 0 Å². The standard InChI is InChI=1S/C14H24O2Si/c1-15-11-10-14(12-16-17(2,3)4)13-8-6-5-7-9-13/h5-9,14H,10-12H2,1-4H3. The lowest BCUT2D eigenvalue weighted by atomic mass is 9.97. The summed E-state index contributed by atoms with van der Waals surface area (Å²) in [6.45, 7) is 8.28. The van der Waals surface area contributed by atoms with Crippen LogP contribution in [0.1, 0.15) is 17.9 Å². The van der Waals surface area contributed by atoms with E-state index in [0.717, 1.165) is 19.6 Å². The fourth-order valence-electron chi connectivity index (χ4n) is 1.68. The number of hydrogen-bond acceptors (Lipinski definition) is 2. The van der Waals surface area contributed by atoms with Crippen molar-refractivity contribution in [3.63, 3.8) is 0 Å². The number of hydrogen-bond donors (Lipinski definition) is 0. The maximum absolute atomic E-state index is 6.03. The van der Waals surface area contributed by atoms with Crippen molar-refractivity contribution < 1.29 is 9.16 Å². The van der Waals surface area contributed by atoms with Crippen LogP contribution in [-0.4, -0.2) is 28.6 Å². The molecular formula is C14H24O2Si. The lowest BCUT2D eigenvalue weighted by Crippen LogP contribution is -2.28. The Labute approximate surface area is 106 Å². The molecule has 1 aromatic rings. The van der Waals surface area contributed by atoms with E-state index in [1.807, 2.05) is 0 Å². The Morgan fingerprint density at radius 1 is 1.12 bits per heavy atom. The van der Waals surface area contributed by atoms with E-state index in [9.17, 15) is 0 Å². The molecule has 0 saturated carbocycles.